The largest absolute Gasteiger partial charge is 0.329 e. The summed E-state index contributed by atoms with van der Waals surface area (Å²) >= 11 is 0. The highest BCUT2D eigenvalue weighted by Crippen LogP contribution is 2.40. The summed E-state index contributed by atoms with van der Waals surface area (Å²) in [4.78, 5) is 2.51. The van der Waals surface area contributed by atoms with E-state index in [0.29, 0.717) is 18.5 Å². The smallest absolute Gasteiger partial charge is 0.0470 e. The highest BCUT2D eigenvalue weighted by molar-refractivity contribution is 5.31. The number of rotatable bonds is 7. The quantitative estimate of drug-likeness (QED) is 0.812. The first-order chi connectivity index (χ1) is 9.15. The van der Waals surface area contributed by atoms with Crippen LogP contribution in [0, 0.1) is 5.92 Å². The van der Waals surface area contributed by atoms with Gasteiger partial charge in [0.1, 0.15) is 0 Å². The lowest BCUT2D eigenvalue weighted by atomic mass is 9.99. The minimum absolute atomic E-state index is 0.367. The van der Waals surface area contributed by atoms with Gasteiger partial charge in [0.25, 0.3) is 0 Å². The van der Waals surface area contributed by atoms with Crippen LogP contribution in [0.3, 0.4) is 0 Å². The lowest BCUT2D eigenvalue weighted by Gasteiger charge is -2.31. The second kappa shape index (κ2) is 6.53. The molecule has 0 aromatic heterocycles. The SMILES string of the molecule is CCN(CC(C)C)C(CN)c1cccc(C2CC2)c1. The Balaban J connectivity index is 2.16. The van der Waals surface area contributed by atoms with Crippen molar-refractivity contribution < 1.29 is 0 Å². The topological polar surface area (TPSA) is 29.3 Å². The van der Waals surface area contributed by atoms with Crippen LogP contribution in [0.15, 0.2) is 24.3 Å². The van der Waals surface area contributed by atoms with Gasteiger partial charge in [-0.2, -0.15) is 0 Å². The molecule has 106 valence electrons. The van der Waals surface area contributed by atoms with E-state index in [0.717, 1.165) is 19.0 Å². The Morgan fingerprint density at radius 2 is 2.05 bits per heavy atom. The van der Waals surface area contributed by atoms with Crippen LogP contribution in [-0.4, -0.2) is 24.5 Å². The fourth-order valence-corrected chi connectivity index (χ4v) is 2.88. The molecule has 1 saturated carbocycles. The molecule has 0 aliphatic heterocycles. The van der Waals surface area contributed by atoms with Gasteiger partial charge >= 0.3 is 0 Å². The van der Waals surface area contributed by atoms with Gasteiger partial charge in [-0.05, 0) is 42.3 Å². The molecule has 1 aliphatic carbocycles. The molecule has 0 bridgehead atoms. The summed E-state index contributed by atoms with van der Waals surface area (Å²) in [5.41, 5.74) is 8.97. The first-order valence-corrected chi connectivity index (χ1v) is 7.69. The zero-order valence-electron chi connectivity index (χ0n) is 12.6. The third kappa shape index (κ3) is 3.80. The van der Waals surface area contributed by atoms with E-state index >= 15 is 0 Å². The average Bonchev–Trinajstić information content (AvgIpc) is 3.22. The number of hydrogen-bond acceptors (Lipinski definition) is 2. The molecule has 0 heterocycles. The van der Waals surface area contributed by atoms with Gasteiger partial charge < -0.3 is 5.73 Å². The van der Waals surface area contributed by atoms with Crippen molar-refractivity contribution in [3.8, 4) is 0 Å². The maximum Gasteiger partial charge on any atom is 0.0470 e. The molecular formula is C17H28N2. The lowest BCUT2D eigenvalue weighted by molar-refractivity contribution is 0.189. The number of nitrogens with zero attached hydrogens (tertiary/aromatic N) is 1. The number of likely N-dealkylation sites (N-methyl/N-ethyl adjacent to an activating group) is 1. The second-order valence-corrected chi connectivity index (χ2v) is 6.18. The predicted molar refractivity (Wildman–Crippen MR) is 82.3 cm³/mol. The van der Waals surface area contributed by atoms with Gasteiger partial charge in [-0.25, -0.2) is 0 Å². The Bertz CT molecular complexity index is 396. The van der Waals surface area contributed by atoms with Crippen LogP contribution in [0.5, 0.6) is 0 Å². The van der Waals surface area contributed by atoms with Crippen molar-refractivity contribution in [2.75, 3.05) is 19.6 Å². The highest BCUT2D eigenvalue weighted by Gasteiger charge is 2.25. The lowest BCUT2D eigenvalue weighted by Crippen LogP contribution is -2.36. The summed E-state index contributed by atoms with van der Waals surface area (Å²) < 4.78 is 0. The maximum atomic E-state index is 6.06. The first-order valence-electron chi connectivity index (χ1n) is 7.69. The molecule has 1 fully saturated rings. The predicted octanol–water partition coefficient (Wildman–Crippen LogP) is 3.54. The van der Waals surface area contributed by atoms with Crippen LogP contribution in [0.4, 0.5) is 0 Å². The molecule has 2 nitrogen and oxygen atoms in total. The first kappa shape index (κ1) is 14.5. The average molecular weight is 260 g/mol. The minimum Gasteiger partial charge on any atom is -0.329 e. The van der Waals surface area contributed by atoms with Gasteiger partial charge in [0.05, 0.1) is 0 Å². The van der Waals surface area contributed by atoms with Crippen molar-refractivity contribution in [1.82, 2.24) is 4.90 Å². The number of hydrogen-bond donors (Lipinski definition) is 1. The number of benzene rings is 1. The van der Waals surface area contributed by atoms with Gasteiger partial charge in [-0.15, -0.1) is 0 Å². The van der Waals surface area contributed by atoms with Gasteiger partial charge in [0.2, 0.25) is 0 Å². The van der Waals surface area contributed by atoms with Gasteiger partial charge in [-0.3, -0.25) is 4.90 Å². The van der Waals surface area contributed by atoms with Crippen molar-refractivity contribution in [3.05, 3.63) is 35.4 Å². The van der Waals surface area contributed by atoms with E-state index in [1.165, 1.54) is 24.0 Å². The zero-order valence-corrected chi connectivity index (χ0v) is 12.6. The van der Waals surface area contributed by atoms with E-state index in [1.807, 2.05) is 0 Å². The molecule has 0 spiro atoms. The van der Waals surface area contributed by atoms with E-state index < -0.39 is 0 Å². The highest BCUT2D eigenvalue weighted by atomic mass is 15.2. The van der Waals surface area contributed by atoms with E-state index in [9.17, 15) is 0 Å². The Morgan fingerprint density at radius 1 is 1.32 bits per heavy atom. The van der Waals surface area contributed by atoms with E-state index in [-0.39, 0.29) is 0 Å². The van der Waals surface area contributed by atoms with Crippen molar-refractivity contribution >= 4 is 0 Å². The molecule has 2 heteroatoms. The summed E-state index contributed by atoms with van der Waals surface area (Å²) in [7, 11) is 0. The molecule has 0 amide bonds. The third-order valence-corrected chi connectivity index (χ3v) is 4.01. The Hall–Kier alpha value is -0.860. The van der Waals surface area contributed by atoms with Crippen LogP contribution in [0.25, 0.3) is 0 Å². The molecule has 2 rings (SSSR count). The summed E-state index contributed by atoms with van der Waals surface area (Å²) in [5, 5.41) is 0. The third-order valence-electron chi connectivity index (χ3n) is 4.01. The van der Waals surface area contributed by atoms with Crippen molar-refractivity contribution in [1.29, 1.82) is 0 Å². The molecule has 0 radical (unpaired) electrons. The molecule has 0 saturated heterocycles. The Labute approximate surface area is 118 Å². The molecule has 1 atom stereocenters. The van der Waals surface area contributed by atoms with E-state index in [2.05, 4.69) is 49.9 Å². The van der Waals surface area contributed by atoms with Crippen LogP contribution < -0.4 is 5.73 Å². The Kier molecular flexibility index (Phi) is 5.00. The maximum absolute atomic E-state index is 6.06. The summed E-state index contributed by atoms with van der Waals surface area (Å²) in [5.74, 6) is 1.50. The monoisotopic (exact) mass is 260 g/mol. The van der Waals surface area contributed by atoms with Gasteiger partial charge in [0, 0.05) is 19.1 Å². The second-order valence-electron chi connectivity index (χ2n) is 6.18. The minimum atomic E-state index is 0.367. The molecule has 1 aliphatic rings. The molecular weight excluding hydrogens is 232 g/mol. The van der Waals surface area contributed by atoms with Gasteiger partial charge in [0.15, 0.2) is 0 Å². The van der Waals surface area contributed by atoms with Crippen LogP contribution in [0.1, 0.15) is 56.7 Å². The zero-order chi connectivity index (χ0) is 13.8. The van der Waals surface area contributed by atoms with Crippen LogP contribution >= 0.6 is 0 Å². The van der Waals surface area contributed by atoms with E-state index in [1.54, 1.807) is 0 Å². The standard InChI is InChI=1S/C17H28N2/c1-4-19(12-13(2)3)17(11-18)16-7-5-6-15(10-16)14-8-9-14/h5-7,10,13-14,17H,4,8-9,11-12,18H2,1-3H3. The number of nitrogens with two attached hydrogens (primary N) is 1. The molecule has 19 heavy (non-hydrogen) atoms. The fraction of sp³-hybridized carbons (Fsp3) is 0.647. The van der Waals surface area contributed by atoms with Crippen molar-refractivity contribution in [2.45, 2.75) is 45.6 Å². The summed E-state index contributed by atoms with van der Waals surface area (Å²) in [6.07, 6.45) is 2.72. The molecule has 1 unspecified atom stereocenters. The summed E-state index contributed by atoms with van der Waals surface area (Å²) in [6, 6.07) is 9.47. The van der Waals surface area contributed by atoms with Crippen LogP contribution in [-0.2, 0) is 0 Å². The normalized spacial score (nSPS) is 17.2. The molecule has 2 N–H and O–H groups in total. The summed E-state index contributed by atoms with van der Waals surface area (Å²) in [6.45, 7) is 9.66. The molecule has 1 aromatic carbocycles. The molecule has 1 aromatic rings. The van der Waals surface area contributed by atoms with Gasteiger partial charge in [-0.1, -0.05) is 45.0 Å². The van der Waals surface area contributed by atoms with Crippen LogP contribution in [0.2, 0.25) is 0 Å². The fourth-order valence-electron chi connectivity index (χ4n) is 2.88. The van der Waals surface area contributed by atoms with Crippen molar-refractivity contribution in [2.24, 2.45) is 11.7 Å². The Morgan fingerprint density at radius 3 is 2.58 bits per heavy atom. The van der Waals surface area contributed by atoms with E-state index in [4.69, 9.17) is 5.73 Å². The van der Waals surface area contributed by atoms with Crippen molar-refractivity contribution in [3.63, 3.8) is 0 Å².